The molecule has 0 aliphatic heterocycles. The predicted octanol–water partition coefficient (Wildman–Crippen LogP) is 1.21. The quantitative estimate of drug-likeness (QED) is 0.690. The topological polar surface area (TPSA) is 51.6 Å². The molecule has 0 saturated carbocycles. The molecule has 1 heterocycles. The molecule has 0 aliphatic carbocycles. The average Bonchev–Trinajstić information content (AvgIpc) is 2.66. The van der Waals surface area contributed by atoms with Crippen molar-refractivity contribution in [3.8, 4) is 0 Å². The van der Waals surface area contributed by atoms with E-state index in [2.05, 4.69) is 4.90 Å². The lowest BCUT2D eigenvalue weighted by atomic mass is 10.3. The van der Waals surface area contributed by atoms with Crippen LogP contribution in [0.4, 0.5) is 0 Å². The Morgan fingerprint density at radius 3 is 2.93 bits per heavy atom. The number of hydrogen-bond donors (Lipinski definition) is 1. The molecule has 1 rings (SSSR count). The Hall–Kier alpha value is -0.840. The molecule has 4 nitrogen and oxygen atoms in total. The summed E-state index contributed by atoms with van der Waals surface area (Å²) in [5.74, 6) is 0.953. The third-order valence-corrected chi connectivity index (χ3v) is 2.19. The van der Waals surface area contributed by atoms with Gasteiger partial charge in [-0.25, -0.2) is 0 Å². The Balaban J connectivity index is 2.27. The van der Waals surface area contributed by atoms with Crippen LogP contribution in [0.1, 0.15) is 18.2 Å². The van der Waals surface area contributed by atoms with Crippen molar-refractivity contribution in [1.29, 1.82) is 0 Å². The molecule has 2 N–H and O–H groups in total. The number of likely N-dealkylation sites (N-methyl/N-ethyl adjacent to an activating group) is 1. The zero-order valence-electron chi connectivity index (χ0n) is 9.53. The molecular weight excluding hydrogens is 192 g/mol. The summed E-state index contributed by atoms with van der Waals surface area (Å²) in [6, 6.07) is 2.00. The summed E-state index contributed by atoms with van der Waals surface area (Å²) in [5, 5.41) is 0. The van der Waals surface area contributed by atoms with E-state index in [-0.39, 0.29) is 0 Å². The van der Waals surface area contributed by atoms with Crippen molar-refractivity contribution >= 4 is 0 Å². The molecule has 0 atom stereocenters. The Morgan fingerprint density at radius 1 is 1.53 bits per heavy atom. The number of rotatable bonds is 7. The van der Waals surface area contributed by atoms with E-state index in [4.69, 9.17) is 14.9 Å². The highest BCUT2D eigenvalue weighted by atomic mass is 16.5. The first-order valence-electron chi connectivity index (χ1n) is 5.29. The van der Waals surface area contributed by atoms with Gasteiger partial charge < -0.3 is 14.9 Å². The maximum absolute atomic E-state index is 5.50. The lowest BCUT2D eigenvalue weighted by molar-refractivity contribution is 0.118. The first kappa shape index (κ1) is 12.2. The van der Waals surface area contributed by atoms with Crippen LogP contribution in [0.3, 0.4) is 0 Å². The smallest absolute Gasteiger partial charge is 0.118 e. The zero-order valence-corrected chi connectivity index (χ0v) is 9.53. The molecule has 0 fully saturated rings. The van der Waals surface area contributed by atoms with Crippen molar-refractivity contribution in [2.75, 3.05) is 26.8 Å². The highest BCUT2D eigenvalue weighted by Gasteiger charge is 2.04. The van der Waals surface area contributed by atoms with Gasteiger partial charge in [0.05, 0.1) is 19.4 Å². The molecule has 0 bridgehead atoms. The van der Waals surface area contributed by atoms with Crippen LogP contribution in [-0.2, 0) is 17.8 Å². The van der Waals surface area contributed by atoms with Gasteiger partial charge in [-0.2, -0.15) is 0 Å². The number of nitrogens with zero attached hydrogens (tertiary/aromatic N) is 1. The van der Waals surface area contributed by atoms with Crippen LogP contribution in [0.2, 0.25) is 0 Å². The van der Waals surface area contributed by atoms with Gasteiger partial charge in [-0.1, -0.05) is 0 Å². The zero-order chi connectivity index (χ0) is 11.1. The van der Waals surface area contributed by atoms with Crippen LogP contribution in [0.5, 0.6) is 0 Å². The van der Waals surface area contributed by atoms with E-state index < -0.39 is 0 Å². The van der Waals surface area contributed by atoms with Crippen LogP contribution < -0.4 is 5.73 Å². The normalized spacial score (nSPS) is 11.2. The van der Waals surface area contributed by atoms with Crippen molar-refractivity contribution in [3.63, 3.8) is 0 Å². The van der Waals surface area contributed by atoms with E-state index in [0.717, 1.165) is 37.6 Å². The van der Waals surface area contributed by atoms with Gasteiger partial charge in [0.15, 0.2) is 0 Å². The summed E-state index contributed by atoms with van der Waals surface area (Å²) in [5.41, 5.74) is 6.54. The molecule has 0 saturated heterocycles. The average molecular weight is 212 g/mol. The maximum Gasteiger partial charge on any atom is 0.118 e. The number of ether oxygens (including phenoxy) is 1. The van der Waals surface area contributed by atoms with Crippen molar-refractivity contribution in [3.05, 3.63) is 23.7 Å². The summed E-state index contributed by atoms with van der Waals surface area (Å²) >= 11 is 0. The SMILES string of the molecule is CCOCCN(C)Cc1cc(CN)co1. The first-order chi connectivity index (χ1) is 7.26. The molecule has 0 aromatic carbocycles. The highest BCUT2D eigenvalue weighted by Crippen LogP contribution is 2.08. The Kier molecular flexibility index (Phi) is 5.39. The maximum atomic E-state index is 5.50. The van der Waals surface area contributed by atoms with Crippen molar-refractivity contribution in [2.24, 2.45) is 5.73 Å². The summed E-state index contributed by atoms with van der Waals surface area (Å²) in [4.78, 5) is 2.16. The van der Waals surface area contributed by atoms with Crippen molar-refractivity contribution in [1.82, 2.24) is 4.90 Å². The van der Waals surface area contributed by atoms with Crippen molar-refractivity contribution in [2.45, 2.75) is 20.0 Å². The van der Waals surface area contributed by atoms with Gasteiger partial charge in [0.2, 0.25) is 0 Å². The van der Waals surface area contributed by atoms with Gasteiger partial charge in [-0.3, -0.25) is 4.90 Å². The van der Waals surface area contributed by atoms with E-state index in [1.165, 1.54) is 0 Å². The van der Waals surface area contributed by atoms with Gasteiger partial charge in [-0.05, 0) is 20.0 Å². The molecule has 0 radical (unpaired) electrons. The summed E-state index contributed by atoms with van der Waals surface area (Å²) in [7, 11) is 2.05. The largest absolute Gasteiger partial charge is 0.468 e. The second kappa shape index (κ2) is 6.61. The Morgan fingerprint density at radius 2 is 2.33 bits per heavy atom. The number of furan rings is 1. The fourth-order valence-electron chi connectivity index (χ4n) is 1.33. The predicted molar refractivity (Wildman–Crippen MR) is 59.4 cm³/mol. The lowest BCUT2D eigenvalue weighted by Gasteiger charge is -2.14. The van der Waals surface area contributed by atoms with Crippen LogP contribution in [-0.4, -0.2) is 31.7 Å². The van der Waals surface area contributed by atoms with Gasteiger partial charge in [0.25, 0.3) is 0 Å². The molecule has 0 spiro atoms. The standard InChI is InChI=1S/C11H20N2O2/c1-3-14-5-4-13(2)8-11-6-10(7-12)9-15-11/h6,9H,3-5,7-8,12H2,1-2H3. The minimum atomic E-state index is 0.534. The van der Waals surface area contributed by atoms with Gasteiger partial charge in [-0.15, -0.1) is 0 Å². The fraction of sp³-hybridized carbons (Fsp3) is 0.636. The molecule has 0 unspecified atom stereocenters. The fourth-order valence-corrected chi connectivity index (χ4v) is 1.33. The van der Waals surface area contributed by atoms with E-state index in [1.807, 2.05) is 20.0 Å². The molecule has 4 heteroatoms. The second-order valence-corrected chi connectivity index (χ2v) is 3.56. The molecule has 0 amide bonds. The first-order valence-corrected chi connectivity index (χ1v) is 5.29. The van der Waals surface area contributed by atoms with E-state index in [0.29, 0.717) is 6.54 Å². The summed E-state index contributed by atoms with van der Waals surface area (Å²) in [6.45, 7) is 5.77. The van der Waals surface area contributed by atoms with Crippen LogP contribution in [0.15, 0.2) is 16.7 Å². The van der Waals surface area contributed by atoms with Gasteiger partial charge in [0.1, 0.15) is 5.76 Å². The van der Waals surface area contributed by atoms with E-state index in [1.54, 1.807) is 6.26 Å². The third kappa shape index (κ3) is 4.46. The highest BCUT2D eigenvalue weighted by molar-refractivity contribution is 5.12. The second-order valence-electron chi connectivity index (χ2n) is 3.56. The van der Waals surface area contributed by atoms with E-state index >= 15 is 0 Å². The lowest BCUT2D eigenvalue weighted by Crippen LogP contribution is -2.22. The molecule has 15 heavy (non-hydrogen) atoms. The Bertz CT molecular complexity index is 273. The Labute approximate surface area is 91.0 Å². The molecule has 1 aromatic heterocycles. The van der Waals surface area contributed by atoms with Crippen LogP contribution in [0.25, 0.3) is 0 Å². The third-order valence-electron chi connectivity index (χ3n) is 2.19. The number of nitrogens with two attached hydrogens (primary N) is 1. The molecule has 86 valence electrons. The van der Waals surface area contributed by atoms with E-state index in [9.17, 15) is 0 Å². The van der Waals surface area contributed by atoms with Gasteiger partial charge >= 0.3 is 0 Å². The summed E-state index contributed by atoms with van der Waals surface area (Å²) < 4.78 is 10.6. The molecule has 1 aromatic rings. The minimum absolute atomic E-state index is 0.534. The van der Waals surface area contributed by atoms with Crippen LogP contribution >= 0.6 is 0 Å². The molecule has 0 aliphatic rings. The van der Waals surface area contributed by atoms with Crippen LogP contribution in [0, 0.1) is 0 Å². The monoisotopic (exact) mass is 212 g/mol. The minimum Gasteiger partial charge on any atom is -0.468 e. The summed E-state index contributed by atoms with van der Waals surface area (Å²) in [6.07, 6.45) is 1.71. The van der Waals surface area contributed by atoms with Gasteiger partial charge in [0, 0.05) is 25.3 Å². The number of hydrogen-bond acceptors (Lipinski definition) is 4. The molecular formula is C11H20N2O2. The van der Waals surface area contributed by atoms with Crippen molar-refractivity contribution < 1.29 is 9.15 Å².